The molecule has 0 saturated heterocycles. The lowest BCUT2D eigenvalue weighted by Gasteiger charge is -2.12. The van der Waals surface area contributed by atoms with Gasteiger partial charge in [0.1, 0.15) is 22.1 Å². The van der Waals surface area contributed by atoms with Crippen molar-refractivity contribution in [2.75, 3.05) is 0 Å². The second-order valence-corrected chi connectivity index (χ2v) is 18.3. The summed E-state index contributed by atoms with van der Waals surface area (Å²) in [5.41, 5.74) is 5.05. The zero-order valence-electron chi connectivity index (χ0n) is 27.1. The number of hydrogen-bond acceptors (Lipinski definition) is 9. The van der Waals surface area contributed by atoms with Crippen molar-refractivity contribution in [2.45, 2.75) is 91.9 Å². The van der Waals surface area contributed by atoms with E-state index >= 15 is 0 Å². The molecule has 0 saturated carbocycles. The maximum atomic E-state index is 6.57. The van der Waals surface area contributed by atoms with E-state index in [1.165, 1.54) is 91.6 Å². The second-order valence-electron chi connectivity index (χ2n) is 12.6. The minimum Gasteiger partial charge on any atom is -0.230 e. The fraction of sp³-hybridized carbons (Fsp3) is 0.444. The van der Waals surface area contributed by atoms with E-state index in [1.54, 1.807) is 22.7 Å². The molecule has 246 valence electrons. The van der Waals surface area contributed by atoms with Gasteiger partial charge in [-0.25, -0.2) is 9.97 Å². The number of thiophene rings is 4. The molecule has 4 nitrogen and oxygen atoms in total. The van der Waals surface area contributed by atoms with Gasteiger partial charge in [0, 0.05) is 49.4 Å². The van der Waals surface area contributed by atoms with Gasteiger partial charge in [0.05, 0.1) is 11.7 Å². The molecule has 2 unspecified atom stereocenters. The van der Waals surface area contributed by atoms with E-state index in [0.717, 1.165) is 67.6 Å². The lowest BCUT2D eigenvalue weighted by molar-refractivity contribution is 0.452. The molecule has 1 aromatic carbocycles. The number of rotatable bonds is 14. The highest BCUT2D eigenvalue weighted by atomic mass is 35.5. The molecule has 0 N–H and O–H groups in total. The number of fused-ring (bicyclic) bond motifs is 4. The highest BCUT2D eigenvalue weighted by Crippen LogP contribution is 2.49. The molecule has 0 amide bonds. The molecule has 11 heteroatoms. The fourth-order valence-corrected chi connectivity index (χ4v) is 12.6. The predicted octanol–water partition coefficient (Wildman–Crippen LogP) is 14.3. The molecule has 0 aliphatic rings. The number of halogens is 2. The Bertz CT molecular complexity index is 1960. The molecule has 0 fully saturated rings. The number of aromatic nitrogens is 4. The van der Waals surface area contributed by atoms with E-state index < -0.39 is 0 Å². The van der Waals surface area contributed by atoms with Crippen LogP contribution in [-0.2, 0) is 12.8 Å². The summed E-state index contributed by atoms with van der Waals surface area (Å²) in [6, 6.07) is 9.38. The van der Waals surface area contributed by atoms with E-state index in [-0.39, 0.29) is 10.3 Å². The Hall–Kier alpha value is -1.72. The summed E-state index contributed by atoms with van der Waals surface area (Å²) in [6.45, 7) is 9.20. The molecule has 7 aromatic rings. The summed E-state index contributed by atoms with van der Waals surface area (Å²) in [4.78, 5) is 14.9. The van der Waals surface area contributed by atoms with Gasteiger partial charge in [0.25, 0.3) is 0 Å². The van der Waals surface area contributed by atoms with Crippen LogP contribution < -0.4 is 0 Å². The van der Waals surface area contributed by atoms with Crippen LogP contribution >= 0.6 is 80.3 Å². The molecule has 0 spiro atoms. The minimum absolute atomic E-state index is 0.206. The van der Waals surface area contributed by atoms with Crippen LogP contribution in [0.15, 0.2) is 24.3 Å². The summed E-state index contributed by atoms with van der Waals surface area (Å²) in [7, 11) is 0. The molecule has 47 heavy (non-hydrogen) atoms. The average Bonchev–Trinajstić information content (AvgIpc) is 3.88. The molecular formula is C36H38Cl2N4S5. The van der Waals surface area contributed by atoms with E-state index in [4.69, 9.17) is 41.9 Å². The van der Waals surface area contributed by atoms with Crippen LogP contribution in [0.1, 0.15) is 88.8 Å². The van der Waals surface area contributed by atoms with Crippen LogP contribution in [0.4, 0.5) is 0 Å². The Morgan fingerprint density at radius 1 is 0.574 bits per heavy atom. The zero-order valence-corrected chi connectivity index (χ0v) is 32.7. The third-order valence-electron chi connectivity index (χ3n) is 9.33. The SMILES string of the molecule is CCCCC(CC)Cc1cc2sc(-c3c4nsnc4c(-c4cc5sc(CC(CC)CCCC)cc5s4)c4nc(Cl)c(Cl)nc34)cc2s1. The Balaban J connectivity index is 1.30. The Labute approximate surface area is 306 Å². The number of benzene rings is 1. The van der Waals surface area contributed by atoms with E-state index in [9.17, 15) is 0 Å². The van der Waals surface area contributed by atoms with Crippen LogP contribution in [-0.4, -0.2) is 18.7 Å². The van der Waals surface area contributed by atoms with Crippen LogP contribution in [0, 0.1) is 11.8 Å². The van der Waals surface area contributed by atoms with Crippen molar-refractivity contribution in [3.8, 4) is 20.9 Å². The van der Waals surface area contributed by atoms with E-state index in [2.05, 4.69) is 52.0 Å². The molecule has 2 atom stereocenters. The van der Waals surface area contributed by atoms with Gasteiger partial charge in [-0.15, -0.1) is 45.3 Å². The number of hydrogen-bond donors (Lipinski definition) is 0. The first kappa shape index (κ1) is 33.8. The largest absolute Gasteiger partial charge is 0.230 e. The maximum absolute atomic E-state index is 6.57. The number of nitrogens with zero attached hydrogens (tertiary/aromatic N) is 4. The van der Waals surface area contributed by atoms with E-state index in [0.29, 0.717) is 0 Å². The minimum atomic E-state index is 0.206. The molecule has 6 heterocycles. The summed E-state index contributed by atoms with van der Waals surface area (Å²) in [5, 5.41) is 0.412. The van der Waals surface area contributed by atoms with Crippen molar-refractivity contribution in [3.63, 3.8) is 0 Å². The predicted molar refractivity (Wildman–Crippen MR) is 212 cm³/mol. The van der Waals surface area contributed by atoms with E-state index in [1.807, 2.05) is 22.7 Å². The van der Waals surface area contributed by atoms with Gasteiger partial charge in [0.2, 0.25) is 0 Å². The first-order chi connectivity index (χ1) is 22.9. The van der Waals surface area contributed by atoms with Gasteiger partial charge in [-0.05, 0) is 48.9 Å². The van der Waals surface area contributed by atoms with Gasteiger partial charge in [0.15, 0.2) is 10.3 Å². The lowest BCUT2D eigenvalue weighted by Crippen LogP contribution is -2.01. The van der Waals surface area contributed by atoms with Gasteiger partial charge >= 0.3 is 0 Å². The van der Waals surface area contributed by atoms with Gasteiger partial charge in [-0.3, -0.25) is 0 Å². The van der Waals surface area contributed by atoms with Gasteiger partial charge in [-0.1, -0.05) is 102 Å². The molecule has 0 aliphatic carbocycles. The highest BCUT2D eigenvalue weighted by molar-refractivity contribution is 7.30. The fourth-order valence-electron chi connectivity index (χ4n) is 6.63. The topological polar surface area (TPSA) is 51.6 Å². The Morgan fingerprint density at radius 3 is 1.38 bits per heavy atom. The summed E-state index contributed by atoms with van der Waals surface area (Å²) < 4.78 is 14.9. The lowest BCUT2D eigenvalue weighted by atomic mass is 9.95. The zero-order chi connectivity index (χ0) is 32.7. The maximum Gasteiger partial charge on any atom is 0.167 e. The van der Waals surface area contributed by atoms with Crippen LogP contribution in [0.5, 0.6) is 0 Å². The van der Waals surface area contributed by atoms with Crippen molar-refractivity contribution in [3.05, 3.63) is 44.3 Å². The first-order valence-electron chi connectivity index (χ1n) is 16.8. The molecule has 0 radical (unpaired) electrons. The third kappa shape index (κ3) is 6.75. The van der Waals surface area contributed by atoms with Crippen LogP contribution in [0.2, 0.25) is 10.3 Å². The molecule has 0 aliphatic heterocycles. The number of unbranched alkanes of at least 4 members (excludes halogenated alkanes) is 2. The smallest absolute Gasteiger partial charge is 0.167 e. The highest BCUT2D eigenvalue weighted by Gasteiger charge is 2.26. The summed E-state index contributed by atoms with van der Waals surface area (Å²) in [6.07, 6.45) is 12.5. The molecule has 7 rings (SSSR count). The van der Waals surface area contributed by atoms with Crippen LogP contribution in [0.3, 0.4) is 0 Å². The van der Waals surface area contributed by atoms with Crippen LogP contribution in [0.25, 0.3) is 61.7 Å². The summed E-state index contributed by atoms with van der Waals surface area (Å²) in [5.74, 6) is 1.50. The molecule has 6 aromatic heterocycles. The molecule has 0 bridgehead atoms. The standard InChI is InChI=1S/C36H38Cl2N4S5/c1-5-9-11-19(7-3)13-21-15-23-25(43-21)17-27(45-23)29-31-32(40-36(38)35(37)39-31)30(34-33(29)41-47-42-34)28-18-26-24(46-28)16-22(44-26)14-20(8-4)12-10-6-2/h15-20H,5-14H2,1-4H3. The first-order valence-corrected chi connectivity index (χ1v) is 21.5. The Morgan fingerprint density at radius 2 is 1.00 bits per heavy atom. The molecular weight excluding hydrogens is 720 g/mol. The van der Waals surface area contributed by atoms with Crippen molar-refractivity contribution < 1.29 is 0 Å². The van der Waals surface area contributed by atoms with Crippen molar-refractivity contribution in [1.82, 2.24) is 18.7 Å². The quantitative estimate of drug-likeness (QED) is 0.111. The van der Waals surface area contributed by atoms with Gasteiger partial charge in [-0.2, -0.15) is 8.75 Å². The van der Waals surface area contributed by atoms with Gasteiger partial charge < -0.3 is 0 Å². The van der Waals surface area contributed by atoms with Crippen molar-refractivity contribution in [1.29, 1.82) is 0 Å². The third-order valence-corrected chi connectivity index (χ3v) is 15.1. The normalized spacial score (nSPS) is 13.6. The second kappa shape index (κ2) is 14.6. The summed E-state index contributed by atoms with van der Waals surface area (Å²) >= 11 is 21.8. The van der Waals surface area contributed by atoms with Crippen molar-refractivity contribution in [2.24, 2.45) is 11.8 Å². The Kier molecular flexibility index (Phi) is 10.5. The van der Waals surface area contributed by atoms with Crippen molar-refractivity contribution >= 4 is 121 Å². The average molecular weight is 758 g/mol. The monoisotopic (exact) mass is 756 g/mol.